The second kappa shape index (κ2) is 7.33. The van der Waals surface area contributed by atoms with Gasteiger partial charge in [-0.3, -0.25) is 4.79 Å². The molecule has 1 aliphatic rings. The fraction of sp³-hybridized carbons (Fsp3) is 0.158. The summed E-state index contributed by atoms with van der Waals surface area (Å²) in [6, 6.07) is 11.3. The molecule has 0 radical (unpaired) electrons. The molecule has 1 N–H and O–H groups in total. The first-order valence-electron chi connectivity index (χ1n) is 7.67. The number of amides is 1. The summed E-state index contributed by atoms with van der Waals surface area (Å²) in [5, 5.41) is 4.00. The SMILES string of the molecule is COc1ccc(/C=C2/SC(=Nc3cccc(Cl)c3C)NC2=O)c(C)c1. The van der Waals surface area contributed by atoms with E-state index in [-0.39, 0.29) is 5.91 Å². The number of benzene rings is 2. The number of nitrogens with one attached hydrogen (secondary N) is 1. The van der Waals surface area contributed by atoms with Crippen LogP contribution in [0.2, 0.25) is 5.02 Å². The highest BCUT2D eigenvalue weighted by Gasteiger charge is 2.24. The number of aryl methyl sites for hydroxylation is 1. The standard InChI is InChI=1S/C19H17ClN2O2S/c1-11-9-14(24-3)8-7-13(11)10-17-18(23)22-19(25-17)21-16-6-4-5-15(20)12(16)2/h4-10H,1-3H3,(H,21,22,23)/b17-10+. The smallest absolute Gasteiger partial charge is 0.264 e. The summed E-state index contributed by atoms with van der Waals surface area (Å²) >= 11 is 7.44. The molecule has 0 aromatic heterocycles. The molecular formula is C19H17ClN2O2S. The molecule has 4 nitrogen and oxygen atoms in total. The lowest BCUT2D eigenvalue weighted by atomic mass is 10.1. The number of hydrogen-bond acceptors (Lipinski definition) is 4. The van der Waals surface area contributed by atoms with Crippen molar-refractivity contribution >= 4 is 46.2 Å². The zero-order valence-electron chi connectivity index (χ0n) is 14.1. The fourth-order valence-electron chi connectivity index (χ4n) is 2.39. The zero-order valence-corrected chi connectivity index (χ0v) is 15.7. The number of aliphatic imine (C=N–C) groups is 1. The number of nitrogens with zero attached hydrogens (tertiary/aromatic N) is 1. The Kier molecular flexibility index (Phi) is 5.16. The van der Waals surface area contributed by atoms with Gasteiger partial charge in [0.05, 0.1) is 17.7 Å². The van der Waals surface area contributed by atoms with Crippen LogP contribution >= 0.6 is 23.4 Å². The lowest BCUT2D eigenvalue weighted by Gasteiger charge is -2.04. The molecule has 0 atom stereocenters. The van der Waals surface area contributed by atoms with E-state index in [4.69, 9.17) is 16.3 Å². The van der Waals surface area contributed by atoms with Gasteiger partial charge in [-0.2, -0.15) is 0 Å². The van der Waals surface area contributed by atoms with Crippen molar-refractivity contribution in [2.24, 2.45) is 4.99 Å². The van der Waals surface area contributed by atoms with E-state index in [0.717, 1.165) is 28.1 Å². The number of rotatable bonds is 3. The van der Waals surface area contributed by atoms with Gasteiger partial charge >= 0.3 is 0 Å². The highest BCUT2D eigenvalue weighted by molar-refractivity contribution is 8.18. The molecule has 0 saturated carbocycles. The third-order valence-corrected chi connectivity index (χ3v) is 5.19. The number of thioether (sulfide) groups is 1. The van der Waals surface area contributed by atoms with E-state index < -0.39 is 0 Å². The van der Waals surface area contributed by atoms with Crippen molar-refractivity contribution in [3.05, 3.63) is 63.0 Å². The Bertz CT molecular complexity index is 906. The normalized spacial score (nSPS) is 17.2. The highest BCUT2D eigenvalue weighted by atomic mass is 35.5. The molecule has 6 heteroatoms. The average molecular weight is 373 g/mol. The van der Waals surface area contributed by atoms with E-state index in [1.165, 1.54) is 11.8 Å². The lowest BCUT2D eigenvalue weighted by molar-refractivity contribution is -0.115. The van der Waals surface area contributed by atoms with Gasteiger partial charge in [-0.05, 0) is 72.6 Å². The quantitative estimate of drug-likeness (QED) is 0.783. The van der Waals surface area contributed by atoms with Crippen LogP contribution in [0, 0.1) is 13.8 Å². The summed E-state index contributed by atoms with van der Waals surface area (Å²) in [7, 11) is 1.63. The van der Waals surface area contributed by atoms with Crippen LogP contribution in [0.3, 0.4) is 0 Å². The van der Waals surface area contributed by atoms with Crippen LogP contribution in [0.1, 0.15) is 16.7 Å². The number of ether oxygens (including phenoxy) is 1. The summed E-state index contributed by atoms with van der Waals surface area (Å²) in [6.07, 6.45) is 1.86. The largest absolute Gasteiger partial charge is 0.497 e. The van der Waals surface area contributed by atoms with Crippen molar-refractivity contribution in [2.75, 3.05) is 7.11 Å². The van der Waals surface area contributed by atoms with Gasteiger partial charge in [0.1, 0.15) is 5.75 Å². The second-order valence-corrected chi connectivity index (χ2v) is 7.03. The van der Waals surface area contributed by atoms with Crippen LogP contribution in [0.25, 0.3) is 6.08 Å². The molecule has 2 aromatic rings. The first-order chi connectivity index (χ1) is 12.0. The fourth-order valence-corrected chi connectivity index (χ4v) is 3.38. The van der Waals surface area contributed by atoms with Crippen molar-refractivity contribution in [2.45, 2.75) is 13.8 Å². The molecule has 1 saturated heterocycles. The topological polar surface area (TPSA) is 50.7 Å². The minimum absolute atomic E-state index is 0.154. The van der Waals surface area contributed by atoms with Gasteiger partial charge in [-0.25, -0.2) is 4.99 Å². The number of carbonyl (C=O) groups excluding carboxylic acids is 1. The third kappa shape index (κ3) is 3.89. The molecular weight excluding hydrogens is 356 g/mol. The first kappa shape index (κ1) is 17.6. The molecule has 25 heavy (non-hydrogen) atoms. The van der Waals surface area contributed by atoms with Crippen molar-refractivity contribution in [3.8, 4) is 5.75 Å². The van der Waals surface area contributed by atoms with E-state index in [0.29, 0.717) is 15.1 Å². The van der Waals surface area contributed by atoms with Gasteiger partial charge < -0.3 is 10.1 Å². The van der Waals surface area contributed by atoms with Gasteiger partial charge in [0.2, 0.25) is 0 Å². The van der Waals surface area contributed by atoms with Crippen LogP contribution in [0.15, 0.2) is 46.3 Å². The van der Waals surface area contributed by atoms with Gasteiger partial charge in [0.25, 0.3) is 5.91 Å². The molecule has 0 bridgehead atoms. The Balaban J connectivity index is 1.87. The highest BCUT2D eigenvalue weighted by Crippen LogP contribution is 2.31. The maximum absolute atomic E-state index is 12.2. The zero-order chi connectivity index (χ0) is 18.0. The number of halogens is 1. The molecule has 0 unspecified atom stereocenters. The van der Waals surface area contributed by atoms with E-state index in [9.17, 15) is 4.79 Å². The molecule has 3 rings (SSSR count). The third-order valence-electron chi connectivity index (χ3n) is 3.88. The number of carbonyl (C=O) groups is 1. The minimum Gasteiger partial charge on any atom is -0.497 e. The molecule has 1 amide bonds. The maximum Gasteiger partial charge on any atom is 0.264 e. The van der Waals surface area contributed by atoms with Crippen LogP contribution in [-0.4, -0.2) is 18.2 Å². The first-order valence-corrected chi connectivity index (χ1v) is 8.86. The van der Waals surface area contributed by atoms with Crippen LogP contribution in [0.5, 0.6) is 5.75 Å². The van der Waals surface area contributed by atoms with Crippen LogP contribution in [0.4, 0.5) is 5.69 Å². The minimum atomic E-state index is -0.154. The molecule has 2 aromatic carbocycles. The Labute approximate surface area is 155 Å². The van der Waals surface area contributed by atoms with Crippen molar-refractivity contribution in [3.63, 3.8) is 0 Å². The summed E-state index contributed by atoms with van der Waals surface area (Å²) in [5.41, 5.74) is 3.64. The number of hydrogen-bond donors (Lipinski definition) is 1. The molecule has 1 heterocycles. The number of amidine groups is 1. The van der Waals surface area contributed by atoms with E-state index >= 15 is 0 Å². The molecule has 0 spiro atoms. The Hall–Kier alpha value is -2.24. The average Bonchev–Trinajstić information content (AvgIpc) is 2.93. The van der Waals surface area contributed by atoms with E-state index in [2.05, 4.69) is 10.3 Å². The second-order valence-electron chi connectivity index (χ2n) is 5.59. The van der Waals surface area contributed by atoms with Crippen molar-refractivity contribution < 1.29 is 9.53 Å². The molecule has 1 fully saturated rings. The van der Waals surface area contributed by atoms with Crippen molar-refractivity contribution in [1.29, 1.82) is 0 Å². The summed E-state index contributed by atoms with van der Waals surface area (Å²) < 4.78 is 5.21. The number of methoxy groups -OCH3 is 1. The Morgan fingerprint density at radius 3 is 2.76 bits per heavy atom. The van der Waals surface area contributed by atoms with Gasteiger partial charge in [0.15, 0.2) is 5.17 Å². The predicted octanol–water partition coefficient (Wildman–Crippen LogP) is 4.86. The van der Waals surface area contributed by atoms with E-state index in [1.54, 1.807) is 7.11 Å². The molecule has 128 valence electrons. The summed E-state index contributed by atoms with van der Waals surface area (Å²) in [4.78, 5) is 17.4. The van der Waals surface area contributed by atoms with Gasteiger partial charge in [-0.1, -0.05) is 23.7 Å². The monoisotopic (exact) mass is 372 g/mol. The Morgan fingerprint density at radius 1 is 1.24 bits per heavy atom. The van der Waals surface area contributed by atoms with Crippen LogP contribution < -0.4 is 10.1 Å². The lowest BCUT2D eigenvalue weighted by Crippen LogP contribution is -2.19. The summed E-state index contributed by atoms with van der Waals surface area (Å²) in [6.45, 7) is 3.89. The van der Waals surface area contributed by atoms with E-state index in [1.807, 2.05) is 56.3 Å². The van der Waals surface area contributed by atoms with Gasteiger partial charge in [0, 0.05) is 5.02 Å². The van der Waals surface area contributed by atoms with Gasteiger partial charge in [-0.15, -0.1) is 0 Å². The Morgan fingerprint density at radius 2 is 2.04 bits per heavy atom. The maximum atomic E-state index is 12.2. The predicted molar refractivity (Wildman–Crippen MR) is 105 cm³/mol. The summed E-state index contributed by atoms with van der Waals surface area (Å²) in [5.74, 6) is 0.639. The van der Waals surface area contributed by atoms with Crippen LogP contribution in [-0.2, 0) is 4.79 Å². The van der Waals surface area contributed by atoms with Crippen molar-refractivity contribution in [1.82, 2.24) is 5.32 Å². The molecule has 1 aliphatic heterocycles. The molecule has 0 aliphatic carbocycles.